The molecular weight excluding hydrogens is 402 g/mol. The van der Waals surface area contributed by atoms with Gasteiger partial charge in [-0.15, -0.1) is 0 Å². The molecule has 5 heteroatoms. The summed E-state index contributed by atoms with van der Waals surface area (Å²) in [5.74, 6) is -1.62. The van der Waals surface area contributed by atoms with E-state index >= 15 is 0 Å². The van der Waals surface area contributed by atoms with Gasteiger partial charge in [0.1, 0.15) is 6.04 Å². The minimum Gasteiger partial charge on any atom is -0.480 e. The number of hydrogen-bond acceptors (Lipinski definition) is 3. The number of nitrogens with zero attached hydrogens (tertiary/aromatic N) is 1. The van der Waals surface area contributed by atoms with Crippen LogP contribution in [-0.4, -0.2) is 40.6 Å². The van der Waals surface area contributed by atoms with Crippen LogP contribution >= 0.6 is 0 Å². The topological polar surface area (TPSA) is 66.8 Å². The van der Waals surface area contributed by atoms with Crippen molar-refractivity contribution in [1.29, 1.82) is 0 Å². The first kappa shape index (κ1) is 22.0. The third-order valence-corrected chi connectivity index (χ3v) is 6.19. The van der Waals surface area contributed by atoms with Crippen LogP contribution in [0.5, 0.6) is 0 Å². The standard InChI is InChI=1S/C27H29NO4/c29-26(25(21-12-6-2-7-13-21)22-14-8-3-9-15-22)28-17-16-23(18-24(28)27(30)31)32-19-20-10-4-1-5-11-20/h1-2,4-8,10-15,23-25H,3,9,16-19H2,(H,30,31)/t23?,24-,25?/m0/s1. The summed E-state index contributed by atoms with van der Waals surface area (Å²) in [6.07, 6.45) is 8.76. The summed E-state index contributed by atoms with van der Waals surface area (Å²) < 4.78 is 6.02. The summed E-state index contributed by atoms with van der Waals surface area (Å²) >= 11 is 0. The first-order valence-electron chi connectivity index (χ1n) is 11.2. The van der Waals surface area contributed by atoms with E-state index in [-0.39, 0.29) is 12.0 Å². The van der Waals surface area contributed by atoms with E-state index < -0.39 is 17.9 Å². The quantitative estimate of drug-likeness (QED) is 0.690. The fourth-order valence-electron chi connectivity index (χ4n) is 4.51. The highest BCUT2D eigenvalue weighted by Gasteiger charge is 2.40. The van der Waals surface area contributed by atoms with E-state index in [4.69, 9.17) is 4.74 Å². The number of hydrogen-bond donors (Lipinski definition) is 1. The van der Waals surface area contributed by atoms with Crippen molar-refractivity contribution >= 4 is 11.9 Å². The van der Waals surface area contributed by atoms with E-state index in [1.165, 1.54) is 0 Å². The Kier molecular flexibility index (Phi) is 7.17. The number of likely N-dealkylation sites (tertiary alicyclic amines) is 1. The third kappa shape index (κ3) is 5.17. The lowest BCUT2D eigenvalue weighted by Crippen LogP contribution is -2.53. The second-order valence-electron chi connectivity index (χ2n) is 8.36. The van der Waals surface area contributed by atoms with Crippen LogP contribution in [0.1, 0.15) is 42.7 Å². The number of ether oxygens (including phenoxy) is 1. The normalized spacial score (nSPS) is 21.6. The van der Waals surface area contributed by atoms with E-state index in [2.05, 4.69) is 12.2 Å². The van der Waals surface area contributed by atoms with E-state index in [1.807, 2.05) is 66.7 Å². The van der Waals surface area contributed by atoms with Gasteiger partial charge in [0.05, 0.1) is 18.6 Å². The van der Waals surface area contributed by atoms with Crippen molar-refractivity contribution < 1.29 is 19.4 Å². The second-order valence-corrected chi connectivity index (χ2v) is 8.36. The van der Waals surface area contributed by atoms with E-state index in [0.717, 1.165) is 29.5 Å². The van der Waals surface area contributed by atoms with Gasteiger partial charge in [-0.25, -0.2) is 4.79 Å². The van der Waals surface area contributed by atoms with Gasteiger partial charge in [0.25, 0.3) is 0 Å². The summed E-state index contributed by atoms with van der Waals surface area (Å²) in [6.45, 7) is 0.811. The summed E-state index contributed by atoms with van der Waals surface area (Å²) in [7, 11) is 0. The first-order chi connectivity index (χ1) is 15.6. The summed E-state index contributed by atoms with van der Waals surface area (Å²) in [5.41, 5.74) is 2.89. The predicted octanol–water partition coefficient (Wildman–Crippen LogP) is 4.71. The number of carbonyl (C=O) groups excluding carboxylic acids is 1. The molecule has 4 rings (SSSR count). The maximum Gasteiger partial charge on any atom is 0.326 e. The third-order valence-electron chi connectivity index (χ3n) is 6.19. The Hall–Kier alpha value is -3.18. The lowest BCUT2D eigenvalue weighted by Gasteiger charge is -2.39. The van der Waals surface area contributed by atoms with E-state index in [1.54, 1.807) is 4.90 Å². The molecule has 0 spiro atoms. The number of amides is 1. The van der Waals surface area contributed by atoms with Crippen LogP contribution in [0, 0.1) is 0 Å². The van der Waals surface area contributed by atoms with Gasteiger partial charge in [-0.05, 0) is 36.0 Å². The highest BCUT2D eigenvalue weighted by Crippen LogP contribution is 2.33. The highest BCUT2D eigenvalue weighted by molar-refractivity contribution is 5.91. The van der Waals surface area contributed by atoms with Crippen molar-refractivity contribution in [2.45, 2.75) is 50.4 Å². The number of piperidine rings is 1. The van der Waals surface area contributed by atoms with Crippen molar-refractivity contribution in [1.82, 2.24) is 4.90 Å². The second kappa shape index (κ2) is 10.4. The number of carboxylic acid groups (broad SMARTS) is 1. The molecule has 1 saturated heterocycles. The van der Waals surface area contributed by atoms with Gasteiger partial charge in [0.15, 0.2) is 0 Å². The van der Waals surface area contributed by atoms with Crippen molar-refractivity contribution in [2.75, 3.05) is 6.54 Å². The Bertz CT molecular complexity index is 983. The molecule has 2 aromatic rings. The average Bonchev–Trinajstić information content (AvgIpc) is 2.84. The number of rotatable bonds is 7. The zero-order valence-corrected chi connectivity index (χ0v) is 18.1. The average molecular weight is 432 g/mol. The fourth-order valence-corrected chi connectivity index (χ4v) is 4.51. The highest BCUT2D eigenvalue weighted by atomic mass is 16.5. The smallest absolute Gasteiger partial charge is 0.326 e. The van der Waals surface area contributed by atoms with Crippen LogP contribution in [0.2, 0.25) is 0 Å². The van der Waals surface area contributed by atoms with Crippen molar-refractivity contribution in [3.8, 4) is 0 Å². The minimum absolute atomic E-state index is 0.150. The molecule has 2 aliphatic rings. The number of benzene rings is 2. The molecular formula is C27H29NO4. The Labute approximate surface area is 189 Å². The van der Waals surface area contributed by atoms with Crippen LogP contribution < -0.4 is 0 Å². The minimum atomic E-state index is -0.980. The molecule has 0 saturated carbocycles. The van der Waals surface area contributed by atoms with Crippen molar-refractivity contribution in [2.24, 2.45) is 0 Å². The van der Waals surface area contributed by atoms with Gasteiger partial charge in [-0.3, -0.25) is 4.79 Å². The molecule has 1 aliphatic carbocycles. The molecule has 1 N–H and O–H groups in total. The van der Waals surface area contributed by atoms with Crippen molar-refractivity contribution in [3.05, 3.63) is 95.6 Å². The number of carboxylic acids is 1. The number of aliphatic carboxylic acids is 1. The fraction of sp³-hybridized carbons (Fsp3) is 0.333. The SMILES string of the molecule is O=C(O)[C@@H]1CC(OCc2ccccc2)CCN1C(=O)C(C1=CCCC=C1)c1ccccc1. The summed E-state index contributed by atoms with van der Waals surface area (Å²) in [6, 6.07) is 18.6. The molecule has 1 heterocycles. The molecule has 0 aromatic heterocycles. The molecule has 0 bridgehead atoms. The molecule has 2 aromatic carbocycles. The molecule has 1 aliphatic heterocycles. The van der Waals surface area contributed by atoms with Crippen LogP contribution in [0.4, 0.5) is 0 Å². The lowest BCUT2D eigenvalue weighted by molar-refractivity contribution is -0.156. The Balaban J connectivity index is 1.51. The van der Waals surface area contributed by atoms with E-state index in [0.29, 0.717) is 26.0 Å². The maximum absolute atomic E-state index is 13.7. The zero-order chi connectivity index (χ0) is 22.3. The number of carbonyl (C=O) groups is 2. The Morgan fingerprint density at radius 1 is 1.03 bits per heavy atom. The van der Waals surface area contributed by atoms with Crippen LogP contribution in [0.15, 0.2) is 84.5 Å². The van der Waals surface area contributed by atoms with Gasteiger partial charge in [-0.2, -0.15) is 0 Å². The molecule has 0 radical (unpaired) electrons. The molecule has 5 nitrogen and oxygen atoms in total. The number of allylic oxidation sites excluding steroid dienone is 3. The van der Waals surface area contributed by atoms with Gasteiger partial charge in [-0.1, -0.05) is 78.9 Å². The molecule has 166 valence electrons. The predicted molar refractivity (Wildman–Crippen MR) is 123 cm³/mol. The summed E-state index contributed by atoms with van der Waals surface area (Å²) in [4.78, 5) is 27.4. The zero-order valence-electron chi connectivity index (χ0n) is 18.1. The van der Waals surface area contributed by atoms with E-state index in [9.17, 15) is 14.7 Å². The van der Waals surface area contributed by atoms with Crippen molar-refractivity contribution in [3.63, 3.8) is 0 Å². The first-order valence-corrected chi connectivity index (χ1v) is 11.2. The molecule has 32 heavy (non-hydrogen) atoms. The van der Waals surface area contributed by atoms with Crippen LogP contribution in [0.25, 0.3) is 0 Å². The largest absolute Gasteiger partial charge is 0.480 e. The van der Waals surface area contributed by atoms with Crippen LogP contribution in [0.3, 0.4) is 0 Å². The molecule has 3 atom stereocenters. The van der Waals surface area contributed by atoms with Gasteiger partial charge in [0.2, 0.25) is 5.91 Å². The van der Waals surface area contributed by atoms with Crippen LogP contribution in [-0.2, 0) is 20.9 Å². The molecule has 1 fully saturated rings. The van der Waals surface area contributed by atoms with Gasteiger partial charge >= 0.3 is 5.97 Å². The Morgan fingerprint density at radius 2 is 1.75 bits per heavy atom. The lowest BCUT2D eigenvalue weighted by atomic mass is 9.85. The van der Waals surface area contributed by atoms with Gasteiger partial charge < -0.3 is 14.7 Å². The summed E-state index contributed by atoms with van der Waals surface area (Å²) in [5, 5.41) is 9.95. The monoisotopic (exact) mass is 431 g/mol. The molecule has 1 amide bonds. The Morgan fingerprint density at radius 3 is 2.41 bits per heavy atom. The van der Waals surface area contributed by atoms with Gasteiger partial charge in [0, 0.05) is 13.0 Å². The molecule has 2 unspecified atom stereocenters. The maximum atomic E-state index is 13.7.